The zero-order valence-corrected chi connectivity index (χ0v) is 36.7. The second kappa shape index (κ2) is 18.1. The summed E-state index contributed by atoms with van der Waals surface area (Å²) in [6.45, 7) is 11.8. The molecule has 16 heteroatoms. The van der Waals surface area contributed by atoms with Crippen molar-refractivity contribution in [1.29, 1.82) is 0 Å². The SMILES string of the molecule is C[C@@H]1CN(CC2=C(c3ccc(Cl)cc3)CCC(C)(C)C2)CCN1c1ccc(C(=O)NS(=O)(=O)c2ccc(NCC3CCOCC3)c([N+](=O)[O-])c2)c(Oc2cnc3[nH]ccc3c2)c1. The van der Waals surface area contributed by atoms with Gasteiger partial charge in [0.05, 0.1) is 21.6 Å². The second-order valence-electron chi connectivity index (χ2n) is 17.4. The zero-order chi connectivity index (χ0) is 43.6. The molecule has 0 bridgehead atoms. The van der Waals surface area contributed by atoms with Gasteiger partial charge in [-0.2, -0.15) is 0 Å². The number of carbonyl (C=O) groups is 1. The largest absolute Gasteiger partial charge is 0.455 e. The van der Waals surface area contributed by atoms with Crippen LogP contribution < -0.4 is 19.7 Å². The molecule has 3 aliphatic rings. The fourth-order valence-electron chi connectivity index (χ4n) is 8.88. The lowest BCUT2D eigenvalue weighted by molar-refractivity contribution is -0.384. The highest BCUT2D eigenvalue weighted by atomic mass is 35.5. The van der Waals surface area contributed by atoms with Gasteiger partial charge < -0.3 is 24.7 Å². The molecule has 1 atom stereocenters. The number of benzene rings is 3. The summed E-state index contributed by atoms with van der Waals surface area (Å²) in [4.78, 5) is 37.3. The number of nitro groups is 1. The van der Waals surface area contributed by atoms with E-state index in [2.05, 4.69) is 62.7 Å². The molecule has 0 spiro atoms. The third kappa shape index (κ3) is 9.91. The molecule has 62 heavy (non-hydrogen) atoms. The standard InChI is InChI=1S/C46H52ClN7O7S/c1-30-28-52(29-34-25-46(2,3)16-12-39(34)32-4-6-35(47)7-5-32)18-19-53(30)36-8-10-40(43(23-36)61-37-22-33-13-17-48-44(33)50-27-37)45(55)51-62(58,59)38-9-11-41(42(24-38)54(56)57)49-26-31-14-20-60-21-15-31/h4-11,13,17,22-24,27,30-31,49H,12,14-16,18-21,25-26,28-29H2,1-3H3,(H,48,50)(H,51,55)/t30-/m1/s1. The smallest absolute Gasteiger partial charge is 0.293 e. The van der Waals surface area contributed by atoms with Gasteiger partial charge in [0, 0.05) is 86.4 Å². The second-order valence-corrected chi connectivity index (χ2v) is 19.5. The number of allylic oxidation sites excluding steroid dienone is 1. The summed E-state index contributed by atoms with van der Waals surface area (Å²) < 4.78 is 41.3. The molecule has 2 aromatic heterocycles. The number of fused-ring (bicyclic) bond motifs is 1. The Hall–Kier alpha value is -5.48. The number of rotatable bonds is 13. The number of aromatic amines is 1. The Balaban J connectivity index is 1.02. The molecule has 326 valence electrons. The third-order valence-electron chi connectivity index (χ3n) is 12.3. The van der Waals surface area contributed by atoms with E-state index in [0.717, 1.165) is 73.9 Å². The molecule has 0 radical (unpaired) electrons. The first kappa shape index (κ1) is 43.2. The molecule has 4 heterocycles. The first-order valence-corrected chi connectivity index (χ1v) is 23.0. The van der Waals surface area contributed by atoms with E-state index in [9.17, 15) is 23.3 Å². The van der Waals surface area contributed by atoms with Crippen molar-refractivity contribution >= 4 is 61.2 Å². The number of pyridine rings is 1. The predicted molar refractivity (Wildman–Crippen MR) is 242 cm³/mol. The Labute approximate surface area is 366 Å². The topological polar surface area (TPSA) is 172 Å². The minimum atomic E-state index is -4.56. The Kier molecular flexibility index (Phi) is 12.6. The van der Waals surface area contributed by atoms with Crippen molar-refractivity contribution in [2.24, 2.45) is 11.3 Å². The molecule has 14 nitrogen and oxygen atoms in total. The van der Waals surface area contributed by atoms with Crippen molar-refractivity contribution in [3.63, 3.8) is 0 Å². The van der Waals surface area contributed by atoms with Crippen LogP contribution in [0.4, 0.5) is 17.1 Å². The highest BCUT2D eigenvalue weighted by molar-refractivity contribution is 7.90. The van der Waals surface area contributed by atoms with Gasteiger partial charge in [-0.05, 0) is 110 Å². The number of nitro benzene ring substituents is 1. The van der Waals surface area contributed by atoms with Gasteiger partial charge in [0.1, 0.15) is 22.8 Å². The summed E-state index contributed by atoms with van der Waals surface area (Å²) in [6.07, 6.45) is 8.11. The Bertz CT molecular complexity index is 2610. The molecule has 3 N–H and O–H groups in total. The number of ether oxygens (including phenoxy) is 2. The van der Waals surface area contributed by atoms with E-state index in [4.69, 9.17) is 21.1 Å². The number of H-pyrrole nitrogens is 1. The van der Waals surface area contributed by atoms with Crippen molar-refractivity contribution < 1.29 is 27.6 Å². The van der Waals surface area contributed by atoms with E-state index < -0.39 is 31.4 Å². The number of anilines is 2. The minimum absolute atomic E-state index is 0.0383. The molecule has 0 unspecified atom stereocenters. The monoisotopic (exact) mass is 881 g/mol. The van der Waals surface area contributed by atoms with Crippen LogP contribution in [0.5, 0.6) is 11.5 Å². The normalized spacial score (nSPS) is 18.8. The van der Waals surface area contributed by atoms with E-state index in [0.29, 0.717) is 37.7 Å². The summed E-state index contributed by atoms with van der Waals surface area (Å²) in [5, 5.41) is 16.7. The number of nitrogens with one attached hydrogen (secondary N) is 3. The Morgan fingerprint density at radius 2 is 1.85 bits per heavy atom. The fraction of sp³-hybridized carbons (Fsp3) is 0.391. The number of hydrogen-bond acceptors (Lipinski definition) is 11. The quantitative estimate of drug-likeness (QED) is 0.0761. The van der Waals surface area contributed by atoms with Crippen LogP contribution in [0.2, 0.25) is 5.02 Å². The van der Waals surface area contributed by atoms with Crippen LogP contribution in [0.3, 0.4) is 0 Å². The Morgan fingerprint density at radius 1 is 1.06 bits per heavy atom. The van der Waals surface area contributed by atoms with E-state index in [1.165, 1.54) is 35.0 Å². The van der Waals surface area contributed by atoms with Crippen LogP contribution in [0.25, 0.3) is 16.6 Å². The molecule has 1 aliphatic carbocycles. The number of amides is 1. The van der Waals surface area contributed by atoms with Crippen molar-refractivity contribution in [2.45, 2.75) is 63.8 Å². The maximum absolute atomic E-state index is 14.0. The van der Waals surface area contributed by atoms with Crippen LogP contribution in [0, 0.1) is 21.4 Å². The van der Waals surface area contributed by atoms with Crippen LogP contribution in [0.1, 0.15) is 68.8 Å². The van der Waals surface area contributed by atoms with E-state index in [1.54, 1.807) is 30.5 Å². The molecule has 5 aromatic rings. The van der Waals surface area contributed by atoms with Crippen LogP contribution in [0.15, 0.2) is 95.7 Å². The van der Waals surface area contributed by atoms with E-state index in [-0.39, 0.29) is 34.4 Å². The summed E-state index contributed by atoms with van der Waals surface area (Å²) in [7, 11) is -4.56. The van der Waals surface area contributed by atoms with Gasteiger partial charge in [-0.15, -0.1) is 0 Å². The lowest BCUT2D eigenvalue weighted by Gasteiger charge is -2.43. The summed E-state index contributed by atoms with van der Waals surface area (Å²) >= 11 is 6.24. The van der Waals surface area contributed by atoms with Crippen molar-refractivity contribution in [2.75, 3.05) is 56.2 Å². The number of nitrogens with zero attached hydrogens (tertiary/aromatic N) is 4. The molecule has 2 saturated heterocycles. The van der Waals surface area contributed by atoms with Gasteiger partial charge in [-0.3, -0.25) is 19.8 Å². The number of carbonyl (C=O) groups excluding carboxylic acids is 1. The summed E-state index contributed by atoms with van der Waals surface area (Å²) in [5.41, 5.74) is 5.53. The van der Waals surface area contributed by atoms with E-state index in [1.807, 2.05) is 18.2 Å². The molecule has 1 amide bonds. The van der Waals surface area contributed by atoms with Gasteiger partial charge in [0.15, 0.2) is 0 Å². The number of sulfonamides is 1. The predicted octanol–water partition coefficient (Wildman–Crippen LogP) is 9.05. The lowest BCUT2D eigenvalue weighted by atomic mass is 9.72. The molecular weight excluding hydrogens is 830 g/mol. The fourth-order valence-corrected chi connectivity index (χ4v) is 9.99. The summed E-state index contributed by atoms with van der Waals surface area (Å²) in [6, 6.07) is 20.6. The molecule has 3 aromatic carbocycles. The van der Waals surface area contributed by atoms with Crippen molar-refractivity contribution in [3.8, 4) is 11.5 Å². The van der Waals surface area contributed by atoms with E-state index >= 15 is 0 Å². The average molecular weight is 882 g/mol. The minimum Gasteiger partial charge on any atom is -0.455 e. The zero-order valence-electron chi connectivity index (χ0n) is 35.2. The van der Waals surface area contributed by atoms with Gasteiger partial charge in [-0.1, -0.05) is 43.2 Å². The first-order chi connectivity index (χ1) is 29.7. The van der Waals surface area contributed by atoms with Gasteiger partial charge >= 0.3 is 0 Å². The maximum atomic E-state index is 14.0. The molecule has 2 fully saturated rings. The molecule has 8 rings (SSSR count). The molecule has 2 aliphatic heterocycles. The average Bonchev–Trinajstić information content (AvgIpc) is 3.71. The lowest BCUT2D eigenvalue weighted by Crippen LogP contribution is -2.52. The maximum Gasteiger partial charge on any atom is 0.293 e. The van der Waals surface area contributed by atoms with Crippen LogP contribution in [-0.2, 0) is 14.8 Å². The van der Waals surface area contributed by atoms with Gasteiger partial charge in [0.2, 0.25) is 0 Å². The van der Waals surface area contributed by atoms with Gasteiger partial charge in [0.25, 0.3) is 21.6 Å². The van der Waals surface area contributed by atoms with Crippen LogP contribution >= 0.6 is 11.6 Å². The van der Waals surface area contributed by atoms with Crippen LogP contribution in [-0.4, -0.2) is 86.1 Å². The number of halogens is 1. The molecular formula is C46H52ClN7O7S. The first-order valence-electron chi connectivity index (χ1n) is 21.1. The number of piperazine rings is 1. The highest BCUT2D eigenvalue weighted by Crippen LogP contribution is 2.43. The van der Waals surface area contributed by atoms with Crippen molar-refractivity contribution in [1.82, 2.24) is 19.6 Å². The third-order valence-corrected chi connectivity index (χ3v) is 13.8. The number of aromatic nitrogens is 2. The summed E-state index contributed by atoms with van der Waals surface area (Å²) in [5.74, 6) is -0.204. The highest BCUT2D eigenvalue weighted by Gasteiger charge is 2.32. The van der Waals surface area contributed by atoms with Crippen molar-refractivity contribution in [3.05, 3.63) is 117 Å². The number of hydrogen-bond donors (Lipinski definition) is 3. The molecule has 0 saturated carbocycles. The Morgan fingerprint density at radius 3 is 2.61 bits per heavy atom. The van der Waals surface area contributed by atoms with Gasteiger partial charge in [-0.25, -0.2) is 18.1 Å².